The van der Waals surface area contributed by atoms with Crippen LogP contribution in [0.5, 0.6) is 0 Å². The maximum absolute atomic E-state index is 12.6. The van der Waals surface area contributed by atoms with E-state index in [1.807, 2.05) is 54.3 Å². The van der Waals surface area contributed by atoms with Crippen molar-refractivity contribution in [2.75, 3.05) is 16.8 Å². The lowest BCUT2D eigenvalue weighted by atomic mass is 9.87. The van der Waals surface area contributed by atoms with Gasteiger partial charge in [0.15, 0.2) is 0 Å². The monoisotopic (exact) mass is 364 g/mol. The standard InChI is InChI=1S/C23H28N2O2/c1-16-8-13-19(15-20(16)25-14-6-5-7-21(25)26)24-22(27)17-9-11-18(12-10-17)23(2,3)4/h8-13,15H,5-7,14H2,1-4H3,(H,24,27). The van der Waals surface area contributed by atoms with E-state index in [0.717, 1.165) is 30.6 Å². The van der Waals surface area contributed by atoms with Crippen LogP contribution in [0.15, 0.2) is 42.5 Å². The summed E-state index contributed by atoms with van der Waals surface area (Å²) < 4.78 is 0. The molecule has 1 N–H and O–H groups in total. The molecule has 0 aliphatic carbocycles. The summed E-state index contributed by atoms with van der Waals surface area (Å²) in [6, 6.07) is 13.5. The van der Waals surface area contributed by atoms with Crippen LogP contribution in [0.2, 0.25) is 0 Å². The molecular weight excluding hydrogens is 336 g/mol. The van der Waals surface area contributed by atoms with Gasteiger partial charge in [-0.1, -0.05) is 39.0 Å². The van der Waals surface area contributed by atoms with Gasteiger partial charge in [-0.25, -0.2) is 0 Å². The third kappa shape index (κ3) is 4.38. The average molecular weight is 364 g/mol. The molecule has 27 heavy (non-hydrogen) atoms. The molecule has 0 bridgehead atoms. The van der Waals surface area contributed by atoms with Gasteiger partial charge >= 0.3 is 0 Å². The van der Waals surface area contributed by atoms with Gasteiger partial charge < -0.3 is 10.2 Å². The van der Waals surface area contributed by atoms with Crippen molar-refractivity contribution in [3.05, 3.63) is 59.2 Å². The number of hydrogen-bond acceptors (Lipinski definition) is 2. The molecule has 0 spiro atoms. The molecule has 1 heterocycles. The molecule has 1 aliphatic rings. The van der Waals surface area contributed by atoms with Crippen LogP contribution in [0.1, 0.15) is 61.5 Å². The molecular formula is C23H28N2O2. The lowest BCUT2D eigenvalue weighted by Crippen LogP contribution is -2.35. The summed E-state index contributed by atoms with van der Waals surface area (Å²) in [5, 5.41) is 2.96. The highest BCUT2D eigenvalue weighted by molar-refractivity contribution is 6.05. The van der Waals surface area contributed by atoms with E-state index in [-0.39, 0.29) is 17.2 Å². The average Bonchev–Trinajstić information content (AvgIpc) is 2.63. The van der Waals surface area contributed by atoms with E-state index >= 15 is 0 Å². The molecule has 142 valence electrons. The highest BCUT2D eigenvalue weighted by Crippen LogP contribution is 2.28. The Labute approximate surface area is 161 Å². The van der Waals surface area contributed by atoms with Gasteiger partial charge in [0.25, 0.3) is 5.91 Å². The van der Waals surface area contributed by atoms with E-state index in [2.05, 4.69) is 26.1 Å². The van der Waals surface area contributed by atoms with Crippen molar-refractivity contribution >= 4 is 23.2 Å². The maximum atomic E-state index is 12.6. The van der Waals surface area contributed by atoms with E-state index in [1.165, 1.54) is 5.56 Å². The number of carbonyl (C=O) groups excluding carboxylic acids is 2. The fourth-order valence-corrected chi connectivity index (χ4v) is 3.36. The Morgan fingerprint density at radius 3 is 2.37 bits per heavy atom. The van der Waals surface area contributed by atoms with E-state index in [4.69, 9.17) is 0 Å². The van der Waals surface area contributed by atoms with Crippen molar-refractivity contribution < 1.29 is 9.59 Å². The Kier molecular flexibility index (Phi) is 5.36. The Hall–Kier alpha value is -2.62. The molecule has 2 aromatic rings. The van der Waals surface area contributed by atoms with Crippen LogP contribution < -0.4 is 10.2 Å². The predicted molar refractivity (Wildman–Crippen MR) is 110 cm³/mol. The molecule has 4 nitrogen and oxygen atoms in total. The van der Waals surface area contributed by atoms with Crippen LogP contribution in [0.4, 0.5) is 11.4 Å². The second-order valence-corrected chi connectivity index (χ2v) is 8.29. The zero-order valence-corrected chi connectivity index (χ0v) is 16.6. The second kappa shape index (κ2) is 7.55. The van der Waals surface area contributed by atoms with Crippen LogP contribution in [0, 0.1) is 6.92 Å². The Balaban J connectivity index is 1.78. The molecule has 1 fully saturated rings. The Morgan fingerprint density at radius 2 is 1.74 bits per heavy atom. The number of rotatable bonds is 3. The molecule has 0 saturated carbocycles. The van der Waals surface area contributed by atoms with Crippen molar-refractivity contribution in [2.45, 2.75) is 52.4 Å². The summed E-state index contributed by atoms with van der Waals surface area (Å²) in [5.74, 6) is 0.0147. The molecule has 0 unspecified atom stereocenters. The summed E-state index contributed by atoms with van der Waals surface area (Å²) in [4.78, 5) is 26.7. The van der Waals surface area contributed by atoms with Gasteiger partial charge in [-0.15, -0.1) is 0 Å². The molecule has 2 aromatic carbocycles. The summed E-state index contributed by atoms with van der Waals surface area (Å²) in [6.07, 6.45) is 2.56. The van der Waals surface area contributed by atoms with Crippen LogP contribution >= 0.6 is 0 Å². The van der Waals surface area contributed by atoms with Crippen molar-refractivity contribution in [1.29, 1.82) is 0 Å². The van der Waals surface area contributed by atoms with E-state index in [1.54, 1.807) is 0 Å². The first-order valence-corrected chi connectivity index (χ1v) is 9.58. The molecule has 1 aliphatic heterocycles. The summed E-state index contributed by atoms with van der Waals surface area (Å²) in [5.41, 5.74) is 4.51. The van der Waals surface area contributed by atoms with Gasteiger partial charge in [0.2, 0.25) is 5.91 Å². The van der Waals surface area contributed by atoms with Gasteiger partial charge in [0.1, 0.15) is 0 Å². The predicted octanol–water partition coefficient (Wildman–Crippen LogP) is 5.06. The largest absolute Gasteiger partial charge is 0.322 e. The van der Waals surface area contributed by atoms with E-state index < -0.39 is 0 Å². The first-order chi connectivity index (χ1) is 12.8. The molecule has 0 aromatic heterocycles. The lowest BCUT2D eigenvalue weighted by molar-refractivity contribution is -0.119. The molecule has 2 amide bonds. The summed E-state index contributed by atoms with van der Waals surface area (Å²) in [6.45, 7) is 9.19. The Morgan fingerprint density at radius 1 is 1.04 bits per heavy atom. The van der Waals surface area contributed by atoms with E-state index in [0.29, 0.717) is 17.7 Å². The molecule has 4 heteroatoms. The van der Waals surface area contributed by atoms with Gasteiger partial charge in [-0.05, 0) is 60.6 Å². The minimum absolute atomic E-state index is 0.0574. The summed E-state index contributed by atoms with van der Waals surface area (Å²) >= 11 is 0. The maximum Gasteiger partial charge on any atom is 0.255 e. The van der Waals surface area contributed by atoms with Gasteiger partial charge in [0, 0.05) is 29.9 Å². The van der Waals surface area contributed by atoms with Gasteiger partial charge in [-0.3, -0.25) is 9.59 Å². The number of carbonyl (C=O) groups is 2. The second-order valence-electron chi connectivity index (χ2n) is 8.29. The molecule has 1 saturated heterocycles. The number of hydrogen-bond donors (Lipinski definition) is 1. The Bertz CT molecular complexity index is 848. The first-order valence-electron chi connectivity index (χ1n) is 9.58. The van der Waals surface area contributed by atoms with Crippen molar-refractivity contribution in [1.82, 2.24) is 0 Å². The van der Waals surface area contributed by atoms with Crippen LogP contribution in [0.3, 0.4) is 0 Å². The SMILES string of the molecule is Cc1ccc(NC(=O)c2ccc(C(C)(C)C)cc2)cc1N1CCCCC1=O. The zero-order valence-electron chi connectivity index (χ0n) is 16.6. The fourth-order valence-electron chi connectivity index (χ4n) is 3.36. The normalized spacial score (nSPS) is 15.0. The smallest absolute Gasteiger partial charge is 0.255 e. The third-order valence-electron chi connectivity index (χ3n) is 5.09. The van der Waals surface area contributed by atoms with Crippen LogP contribution in [-0.4, -0.2) is 18.4 Å². The topological polar surface area (TPSA) is 49.4 Å². The molecule has 3 rings (SSSR count). The van der Waals surface area contributed by atoms with Crippen LogP contribution in [-0.2, 0) is 10.2 Å². The minimum Gasteiger partial charge on any atom is -0.322 e. The van der Waals surface area contributed by atoms with Gasteiger partial charge in [-0.2, -0.15) is 0 Å². The summed E-state index contributed by atoms with van der Waals surface area (Å²) in [7, 11) is 0. The number of nitrogens with one attached hydrogen (secondary N) is 1. The van der Waals surface area contributed by atoms with Gasteiger partial charge in [0.05, 0.1) is 0 Å². The molecule has 0 radical (unpaired) electrons. The van der Waals surface area contributed by atoms with Crippen molar-refractivity contribution in [3.8, 4) is 0 Å². The fraction of sp³-hybridized carbons (Fsp3) is 0.391. The quantitative estimate of drug-likeness (QED) is 0.827. The van der Waals surface area contributed by atoms with E-state index in [9.17, 15) is 9.59 Å². The number of aryl methyl sites for hydroxylation is 1. The van der Waals surface area contributed by atoms with Crippen molar-refractivity contribution in [3.63, 3.8) is 0 Å². The number of piperidine rings is 1. The number of amides is 2. The third-order valence-corrected chi connectivity index (χ3v) is 5.09. The lowest BCUT2D eigenvalue weighted by Gasteiger charge is -2.28. The number of anilines is 2. The first kappa shape index (κ1) is 19.2. The van der Waals surface area contributed by atoms with Crippen LogP contribution in [0.25, 0.3) is 0 Å². The molecule has 0 atom stereocenters. The number of nitrogens with zero attached hydrogens (tertiary/aromatic N) is 1. The highest BCUT2D eigenvalue weighted by atomic mass is 16.2. The number of benzene rings is 2. The highest BCUT2D eigenvalue weighted by Gasteiger charge is 2.21. The zero-order chi connectivity index (χ0) is 19.6. The van der Waals surface area contributed by atoms with Crippen molar-refractivity contribution in [2.24, 2.45) is 0 Å². The minimum atomic E-state index is -0.143.